The number of allylic oxidation sites excluding steroid dienone is 2. The van der Waals surface area contributed by atoms with Gasteiger partial charge in [0.2, 0.25) is 0 Å². The second kappa shape index (κ2) is 14.8. The van der Waals surface area contributed by atoms with Gasteiger partial charge in [-0.2, -0.15) is 0 Å². The van der Waals surface area contributed by atoms with Crippen molar-refractivity contribution < 1.29 is 14.3 Å². The summed E-state index contributed by atoms with van der Waals surface area (Å²) in [6.07, 6.45) is 10.7. The third-order valence-electron chi connectivity index (χ3n) is 8.81. The maximum absolute atomic E-state index is 11.5. The molecule has 1 aliphatic rings. The Bertz CT molecular complexity index is 1550. The number of carbonyl (C=O) groups excluding carboxylic acids is 2. The van der Waals surface area contributed by atoms with Gasteiger partial charge in [-0.05, 0) is 102 Å². The lowest BCUT2D eigenvalue weighted by Crippen LogP contribution is -2.28. The Labute approximate surface area is 262 Å². The lowest BCUT2D eigenvalue weighted by molar-refractivity contribution is -0.115. The lowest BCUT2D eigenvalue weighted by Gasteiger charge is -2.34. The average Bonchev–Trinajstić information content (AvgIpc) is 3.37. The van der Waals surface area contributed by atoms with Gasteiger partial charge in [-0.15, -0.1) is 0 Å². The van der Waals surface area contributed by atoms with Gasteiger partial charge in [0.25, 0.3) is 0 Å². The predicted octanol–water partition coefficient (Wildman–Crippen LogP) is 9.60. The van der Waals surface area contributed by atoms with Crippen molar-refractivity contribution in [3.05, 3.63) is 150 Å². The molecule has 3 nitrogen and oxygen atoms in total. The summed E-state index contributed by atoms with van der Waals surface area (Å²) in [5.41, 5.74) is 8.48. The first-order valence-electron chi connectivity index (χ1n) is 15.9. The molecule has 0 unspecified atom stereocenters. The van der Waals surface area contributed by atoms with E-state index in [4.69, 9.17) is 4.74 Å². The van der Waals surface area contributed by atoms with E-state index >= 15 is 0 Å². The van der Waals surface area contributed by atoms with Crippen molar-refractivity contribution in [1.29, 1.82) is 0 Å². The van der Waals surface area contributed by atoms with E-state index in [1.54, 1.807) is 0 Å². The average molecular weight is 583 g/mol. The Kier molecular flexibility index (Phi) is 10.4. The van der Waals surface area contributed by atoms with Crippen molar-refractivity contribution in [2.75, 3.05) is 6.61 Å². The summed E-state index contributed by atoms with van der Waals surface area (Å²) in [7, 11) is 0. The van der Waals surface area contributed by atoms with Gasteiger partial charge in [-0.25, -0.2) is 0 Å². The topological polar surface area (TPSA) is 43.4 Å². The number of hydrogen-bond acceptors (Lipinski definition) is 3. The molecule has 44 heavy (non-hydrogen) atoms. The highest BCUT2D eigenvalue weighted by molar-refractivity contribution is 5.89. The van der Waals surface area contributed by atoms with Gasteiger partial charge in [-0.1, -0.05) is 105 Å². The number of fused-ring (bicyclic) bond motifs is 3. The van der Waals surface area contributed by atoms with Crippen LogP contribution in [0, 0.1) is 0 Å². The molecule has 224 valence electrons. The van der Waals surface area contributed by atoms with E-state index < -0.39 is 5.41 Å². The molecule has 0 radical (unpaired) electrons. The smallest absolute Gasteiger partial charge is 0.155 e. The van der Waals surface area contributed by atoms with E-state index in [1.165, 1.54) is 51.1 Å². The van der Waals surface area contributed by atoms with Crippen LogP contribution in [0.25, 0.3) is 11.1 Å². The molecular weight excluding hydrogens is 540 g/mol. The number of ether oxygens (including phenoxy) is 1. The van der Waals surface area contributed by atoms with Gasteiger partial charge < -0.3 is 4.74 Å². The Morgan fingerprint density at radius 1 is 0.591 bits per heavy atom. The van der Waals surface area contributed by atoms with Crippen molar-refractivity contribution in [2.24, 2.45) is 0 Å². The maximum Gasteiger partial charge on any atom is 0.155 e. The predicted molar refractivity (Wildman–Crippen MR) is 180 cm³/mol. The second-order valence-electron chi connectivity index (χ2n) is 11.6. The van der Waals surface area contributed by atoms with Gasteiger partial charge in [0.1, 0.15) is 5.75 Å². The van der Waals surface area contributed by atoms with Crippen LogP contribution in [-0.4, -0.2) is 18.2 Å². The molecule has 0 saturated carbocycles. The zero-order chi connectivity index (χ0) is 30.8. The van der Waals surface area contributed by atoms with Crippen LogP contribution in [0.5, 0.6) is 5.75 Å². The molecule has 3 heteroatoms. The van der Waals surface area contributed by atoms with Crippen LogP contribution in [0.3, 0.4) is 0 Å². The van der Waals surface area contributed by atoms with Crippen LogP contribution in [0.1, 0.15) is 79.2 Å². The molecule has 0 heterocycles. The number of ketones is 2. The summed E-state index contributed by atoms with van der Waals surface area (Å²) in [4.78, 5) is 23.0. The van der Waals surface area contributed by atoms with Crippen LogP contribution in [0.15, 0.2) is 122 Å². The van der Waals surface area contributed by atoms with Crippen molar-refractivity contribution in [2.45, 2.75) is 63.2 Å². The minimum atomic E-state index is -0.438. The normalized spacial score (nSPS) is 12.6. The molecule has 0 bridgehead atoms. The molecule has 1 aliphatic carbocycles. The Hall–Kier alpha value is -4.50. The molecule has 0 aromatic heterocycles. The number of hydrogen-bond donors (Lipinski definition) is 0. The van der Waals surface area contributed by atoms with E-state index in [-0.39, 0.29) is 11.6 Å². The molecule has 5 rings (SSSR count). The fourth-order valence-electron chi connectivity index (χ4n) is 6.52. The molecule has 0 atom stereocenters. The standard InChI is InChI=1S/C41H42O3/c1-3-34(42)16-8-5-7-15-31-22-24-32(25-23-31)41(39-20-12-10-18-37(39)38-19-11-13-21-40(38)41)33-26-28-36(29-27-33)44-30-14-6-9-17-35(43)4-2/h3-4,10-13,18-29H,1-2,5-9,14-17,30H2. The monoisotopic (exact) mass is 582 g/mol. The summed E-state index contributed by atoms with van der Waals surface area (Å²) in [6.45, 7) is 7.74. The fraction of sp³-hybridized carbons (Fsp3) is 0.268. The van der Waals surface area contributed by atoms with Gasteiger partial charge in [0.05, 0.1) is 12.0 Å². The summed E-state index contributed by atoms with van der Waals surface area (Å²) >= 11 is 0. The fourth-order valence-corrected chi connectivity index (χ4v) is 6.52. The summed E-state index contributed by atoms with van der Waals surface area (Å²) in [5, 5.41) is 0. The number of unbranched alkanes of at least 4 members (excludes halogenated alkanes) is 4. The van der Waals surface area contributed by atoms with Crippen molar-refractivity contribution in [3.63, 3.8) is 0 Å². The van der Waals surface area contributed by atoms with Gasteiger partial charge in [-0.3, -0.25) is 9.59 Å². The number of aryl methyl sites for hydroxylation is 1. The zero-order valence-corrected chi connectivity index (χ0v) is 25.6. The Morgan fingerprint density at radius 2 is 1.09 bits per heavy atom. The molecule has 0 amide bonds. The first-order valence-corrected chi connectivity index (χ1v) is 15.9. The summed E-state index contributed by atoms with van der Waals surface area (Å²) in [5.74, 6) is 1.09. The quantitative estimate of drug-likeness (QED) is 0.0810. The Balaban J connectivity index is 1.38. The van der Waals surface area contributed by atoms with E-state index in [9.17, 15) is 9.59 Å². The SMILES string of the molecule is C=CC(=O)CCCCCOc1ccc(C2(c3ccc(CCCCCC(=O)C=C)cc3)c3ccccc3-c3ccccc32)cc1. The van der Waals surface area contributed by atoms with Gasteiger partial charge in [0, 0.05) is 12.8 Å². The van der Waals surface area contributed by atoms with Gasteiger partial charge >= 0.3 is 0 Å². The molecular formula is C41H42O3. The van der Waals surface area contributed by atoms with Gasteiger partial charge in [0.15, 0.2) is 11.6 Å². The van der Waals surface area contributed by atoms with Crippen LogP contribution in [-0.2, 0) is 21.4 Å². The largest absolute Gasteiger partial charge is 0.494 e. The van der Waals surface area contributed by atoms with Crippen molar-refractivity contribution in [3.8, 4) is 16.9 Å². The molecule has 0 saturated heterocycles. The highest BCUT2D eigenvalue weighted by Gasteiger charge is 2.45. The zero-order valence-electron chi connectivity index (χ0n) is 25.6. The highest BCUT2D eigenvalue weighted by Crippen LogP contribution is 2.56. The second-order valence-corrected chi connectivity index (χ2v) is 11.6. The number of benzene rings is 4. The Morgan fingerprint density at radius 3 is 1.64 bits per heavy atom. The van der Waals surface area contributed by atoms with E-state index in [1.807, 2.05) is 0 Å². The van der Waals surface area contributed by atoms with E-state index in [2.05, 4.69) is 110 Å². The molecule has 0 aliphatic heterocycles. The summed E-state index contributed by atoms with van der Waals surface area (Å²) in [6, 6.07) is 35.3. The number of carbonyl (C=O) groups is 2. The van der Waals surface area contributed by atoms with Crippen LogP contribution < -0.4 is 4.74 Å². The van der Waals surface area contributed by atoms with Crippen molar-refractivity contribution in [1.82, 2.24) is 0 Å². The van der Waals surface area contributed by atoms with Crippen LogP contribution >= 0.6 is 0 Å². The molecule has 0 N–H and O–H groups in total. The lowest BCUT2D eigenvalue weighted by atomic mass is 9.67. The molecule has 4 aromatic carbocycles. The minimum absolute atomic E-state index is 0.105. The van der Waals surface area contributed by atoms with E-state index in [0.717, 1.165) is 50.7 Å². The molecule has 4 aromatic rings. The molecule has 0 spiro atoms. The summed E-state index contributed by atoms with van der Waals surface area (Å²) < 4.78 is 6.10. The van der Waals surface area contributed by atoms with Crippen LogP contribution in [0.4, 0.5) is 0 Å². The molecule has 0 fully saturated rings. The number of rotatable bonds is 17. The maximum atomic E-state index is 11.5. The minimum Gasteiger partial charge on any atom is -0.494 e. The van der Waals surface area contributed by atoms with Crippen LogP contribution in [0.2, 0.25) is 0 Å². The third-order valence-corrected chi connectivity index (χ3v) is 8.81. The first-order chi connectivity index (χ1) is 21.6. The third kappa shape index (κ3) is 6.68. The highest BCUT2D eigenvalue weighted by atomic mass is 16.5. The first kappa shape index (κ1) is 30.9. The van der Waals surface area contributed by atoms with E-state index in [0.29, 0.717) is 19.4 Å². The van der Waals surface area contributed by atoms with Crippen molar-refractivity contribution >= 4 is 11.6 Å².